The zero-order valence-corrected chi connectivity index (χ0v) is 14.2. The number of methoxy groups -OCH3 is 1. The predicted octanol–water partition coefficient (Wildman–Crippen LogP) is 2.31. The van der Waals surface area contributed by atoms with Gasteiger partial charge in [-0.15, -0.1) is 0 Å². The normalized spacial score (nSPS) is 16.5. The Kier molecular flexibility index (Phi) is 5.83. The van der Waals surface area contributed by atoms with E-state index in [0.29, 0.717) is 12.3 Å². The van der Waals surface area contributed by atoms with Crippen LogP contribution in [0.1, 0.15) is 30.0 Å². The van der Waals surface area contributed by atoms with Gasteiger partial charge in [0.25, 0.3) is 0 Å². The van der Waals surface area contributed by atoms with Gasteiger partial charge in [-0.1, -0.05) is 6.92 Å². The Morgan fingerprint density at radius 1 is 1.27 bits per heavy atom. The Hall–Kier alpha value is -1.55. The van der Waals surface area contributed by atoms with Crippen molar-refractivity contribution in [2.75, 3.05) is 33.3 Å². The SMILES string of the molecule is COc1cc(C)c(CC(C)CC(=O)N2CCNCC2)c(C)c1. The van der Waals surface area contributed by atoms with E-state index in [1.165, 1.54) is 16.7 Å². The predicted molar refractivity (Wildman–Crippen MR) is 89.4 cm³/mol. The minimum absolute atomic E-state index is 0.290. The lowest BCUT2D eigenvalue weighted by molar-refractivity contribution is -0.132. The molecule has 0 saturated carbocycles. The molecular formula is C18H28N2O2. The van der Waals surface area contributed by atoms with Gasteiger partial charge in [-0.2, -0.15) is 0 Å². The monoisotopic (exact) mass is 304 g/mol. The zero-order chi connectivity index (χ0) is 16.1. The maximum atomic E-state index is 12.3. The first-order valence-corrected chi connectivity index (χ1v) is 8.14. The number of ether oxygens (including phenoxy) is 1. The van der Waals surface area contributed by atoms with Crippen LogP contribution in [0.5, 0.6) is 5.75 Å². The number of benzene rings is 1. The average molecular weight is 304 g/mol. The van der Waals surface area contributed by atoms with E-state index < -0.39 is 0 Å². The van der Waals surface area contributed by atoms with Gasteiger partial charge in [-0.25, -0.2) is 0 Å². The highest BCUT2D eigenvalue weighted by Crippen LogP contribution is 2.25. The molecule has 2 rings (SSSR count). The van der Waals surface area contributed by atoms with Crippen LogP contribution in [0.25, 0.3) is 0 Å². The standard InChI is InChI=1S/C18H28N2O2/c1-13(10-18(21)20-7-5-19-6-8-20)9-17-14(2)11-16(22-4)12-15(17)3/h11-13,19H,5-10H2,1-4H3. The van der Waals surface area contributed by atoms with E-state index in [2.05, 4.69) is 38.2 Å². The first kappa shape index (κ1) is 16.8. The van der Waals surface area contributed by atoms with Crippen molar-refractivity contribution < 1.29 is 9.53 Å². The third-order valence-corrected chi connectivity index (χ3v) is 4.45. The number of nitrogens with zero attached hydrogens (tertiary/aromatic N) is 1. The summed E-state index contributed by atoms with van der Waals surface area (Å²) in [5.41, 5.74) is 3.85. The Morgan fingerprint density at radius 3 is 2.41 bits per heavy atom. The Morgan fingerprint density at radius 2 is 1.86 bits per heavy atom. The molecule has 1 unspecified atom stereocenters. The molecule has 0 aliphatic carbocycles. The van der Waals surface area contributed by atoms with E-state index in [1.807, 2.05) is 4.90 Å². The van der Waals surface area contributed by atoms with Gasteiger partial charge in [0.05, 0.1) is 7.11 Å². The van der Waals surface area contributed by atoms with Crippen LogP contribution in [0, 0.1) is 19.8 Å². The molecule has 1 heterocycles. The number of nitrogens with one attached hydrogen (secondary N) is 1. The summed E-state index contributed by atoms with van der Waals surface area (Å²) in [6, 6.07) is 4.15. The van der Waals surface area contributed by atoms with Crippen molar-refractivity contribution in [3.05, 3.63) is 28.8 Å². The van der Waals surface area contributed by atoms with E-state index in [-0.39, 0.29) is 5.91 Å². The van der Waals surface area contributed by atoms with Crippen molar-refractivity contribution in [3.8, 4) is 5.75 Å². The number of hydrogen-bond donors (Lipinski definition) is 1. The molecular weight excluding hydrogens is 276 g/mol. The lowest BCUT2D eigenvalue weighted by Crippen LogP contribution is -2.46. The molecule has 1 fully saturated rings. The van der Waals surface area contributed by atoms with Gasteiger partial charge in [-0.3, -0.25) is 4.79 Å². The summed E-state index contributed by atoms with van der Waals surface area (Å²) in [6.45, 7) is 9.92. The number of carbonyl (C=O) groups is 1. The van der Waals surface area contributed by atoms with Gasteiger partial charge in [0.2, 0.25) is 5.91 Å². The van der Waals surface area contributed by atoms with Gasteiger partial charge in [0.1, 0.15) is 5.75 Å². The van der Waals surface area contributed by atoms with Crippen molar-refractivity contribution in [1.82, 2.24) is 10.2 Å². The van der Waals surface area contributed by atoms with Crippen LogP contribution in [0.15, 0.2) is 12.1 Å². The van der Waals surface area contributed by atoms with Gasteiger partial charge < -0.3 is 15.0 Å². The van der Waals surface area contributed by atoms with Crippen LogP contribution in [0.3, 0.4) is 0 Å². The molecule has 1 aliphatic rings. The molecule has 22 heavy (non-hydrogen) atoms. The van der Waals surface area contributed by atoms with E-state index in [0.717, 1.165) is 38.3 Å². The first-order chi connectivity index (χ1) is 10.5. The second-order valence-electron chi connectivity index (χ2n) is 6.38. The molecule has 1 aromatic carbocycles. The third-order valence-electron chi connectivity index (χ3n) is 4.45. The van der Waals surface area contributed by atoms with Gasteiger partial charge in [0, 0.05) is 32.6 Å². The molecule has 4 heteroatoms. The number of hydrogen-bond acceptors (Lipinski definition) is 3. The second kappa shape index (κ2) is 7.63. The topological polar surface area (TPSA) is 41.6 Å². The minimum Gasteiger partial charge on any atom is -0.497 e. The molecule has 122 valence electrons. The summed E-state index contributed by atoms with van der Waals surface area (Å²) in [6.07, 6.45) is 1.57. The molecule has 1 saturated heterocycles. The summed E-state index contributed by atoms with van der Waals surface area (Å²) in [5, 5.41) is 3.28. The molecule has 4 nitrogen and oxygen atoms in total. The zero-order valence-electron chi connectivity index (χ0n) is 14.2. The fourth-order valence-electron chi connectivity index (χ4n) is 3.16. The highest BCUT2D eigenvalue weighted by molar-refractivity contribution is 5.76. The van der Waals surface area contributed by atoms with Crippen molar-refractivity contribution in [2.45, 2.75) is 33.6 Å². The summed E-state index contributed by atoms with van der Waals surface area (Å²) in [7, 11) is 1.70. The van der Waals surface area contributed by atoms with Crippen LogP contribution < -0.4 is 10.1 Å². The van der Waals surface area contributed by atoms with E-state index in [9.17, 15) is 4.79 Å². The molecule has 0 aromatic heterocycles. The van der Waals surface area contributed by atoms with Crippen LogP contribution in [-0.2, 0) is 11.2 Å². The van der Waals surface area contributed by atoms with Gasteiger partial charge in [0.15, 0.2) is 0 Å². The Balaban J connectivity index is 1.96. The molecule has 1 atom stereocenters. The quantitative estimate of drug-likeness (QED) is 0.907. The maximum absolute atomic E-state index is 12.3. The first-order valence-electron chi connectivity index (χ1n) is 8.14. The summed E-state index contributed by atoms with van der Waals surface area (Å²) < 4.78 is 5.31. The van der Waals surface area contributed by atoms with Gasteiger partial charge in [-0.05, 0) is 55.0 Å². The smallest absolute Gasteiger partial charge is 0.222 e. The second-order valence-corrected chi connectivity index (χ2v) is 6.38. The number of amides is 1. The van der Waals surface area contributed by atoms with E-state index >= 15 is 0 Å². The highest BCUT2D eigenvalue weighted by Gasteiger charge is 2.19. The minimum atomic E-state index is 0.290. The molecule has 1 N–H and O–H groups in total. The number of piperazine rings is 1. The average Bonchev–Trinajstić information content (AvgIpc) is 2.51. The summed E-state index contributed by atoms with van der Waals surface area (Å²) in [4.78, 5) is 14.3. The van der Waals surface area contributed by atoms with Crippen molar-refractivity contribution in [1.29, 1.82) is 0 Å². The molecule has 0 bridgehead atoms. The van der Waals surface area contributed by atoms with Crippen molar-refractivity contribution in [2.24, 2.45) is 5.92 Å². The third kappa shape index (κ3) is 4.23. The van der Waals surface area contributed by atoms with Crippen LogP contribution in [0.2, 0.25) is 0 Å². The molecule has 0 spiro atoms. The van der Waals surface area contributed by atoms with Crippen LogP contribution in [0.4, 0.5) is 0 Å². The largest absolute Gasteiger partial charge is 0.497 e. The van der Waals surface area contributed by atoms with E-state index in [1.54, 1.807) is 7.11 Å². The van der Waals surface area contributed by atoms with Crippen molar-refractivity contribution in [3.63, 3.8) is 0 Å². The van der Waals surface area contributed by atoms with E-state index in [4.69, 9.17) is 4.74 Å². The summed E-state index contributed by atoms with van der Waals surface area (Å²) >= 11 is 0. The number of carbonyl (C=O) groups excluding carboxylic acids is 1. The Bertz CT molecular complexity index is 499. The molecule has 1 amide bonds. The highest BCUT2D eigenvalue weighted by atomic mass is 16.5. The van der Waals surface area contributed by atoms with Crippen molar-refractivity contribution >= 4 is 5.91 Å². The summed E-state index contributed by atoms with van der Waals surface area (Å²) in [5.74, 6) is 1.55. The number of rotatable bonds is 5. The maximum Gasteiger partial charge on any atom is 0.222 e. The fourth-order valence-corrected chi connectivity index (χ4v) is 3.16. The van der Waals surface area contributed by atoms with Crippen LogP contribution >= 0.6 is 0 Å². The fraction of sp³-hybridized carbons (Fsp3) is 0.611. The molecule has 0 radical (unpaired) electrons. The Labute approximate surface area is 133 Å². The molecule has 1 aromatic rings. The van der Waals surface area contributed by atoms with Gasteiger partial charge >= 0.3 is 0 Å². The number of aryl methyl sites for hydroxylation is 2. The lowest BCUT2D eigenvalue weighted by atomic mass is 9.91. The lowest BCUT2D eigenvalue weighted by Gasteiger charge is -2.28. The van der Waals surface area contributed by atoms with Crippen LogP contribution in [-0.4, -0.2) is 44.1 Å². The molecule has 1 aliphatic heterocycles.